The molecule has 0 amide bonds. The fraction of sp³-hybridized carbons (Fsp3) is 0.0769. The zero-order valence-corrected chi connectivity index (χ0v) is 10.2. The summed E-state index contributed by atoms with van der Waals surface area (Å²) in [5, 5.41) is 10.6. The summed E-state index contributed by atoms with van der Waals surface area (Å²) in [7, 11) is 0. The van der Waals surface area contributed by atoms with Crippen molar-refractivity contribution in [3.63, 3.8) is 0 Å². The molecule has 0 unspecified atom stereocenters. The second kappa shape index (κ2) is 5.67. The highest BCUT2D eigenvalue weighted by atomic mass is 16.6. The van der Waals surface area contributed by atoms with E-state index in [0.717, 1.165) is 16.3 Å². The van der Waals surface area contributed by atoms with Gasteiger partial charge in [-0.25, -0.2) is 4.79 Å². The molecule has 0 saturated carbocycles. The molecule has 0 radical (unpaired) electrons. The third kappa shape index (κ3) is 3.00. The Bertz CT molecular complexity index is 809. The van der Waals surface area contributed by atoms with Crippen molar-refractivity contribution in [2.45, 2.75) is 6.54 Å². The number of aromatic nitrogens is 2. The predicted molar refractivity (Wildman–Crippen MR) is 71.3 cm³/mol. The van der Waals surface area contributed by atoms with Crippen LogP contribution in [-0.2, 0) is 6.54 Å². The van der Waals surface area contributed by atoms with Crippen molar-refractivity contribution in [2.75, 3.05) is 0 Å². The average molecular weight is 271 g/mol. The Hall–Kier alpha value is -3.14. The van der Waals surface area contributed by atoms with Crippen LogP contribution in [0.4, 0.5) is 5.69 Å². The van der Waals surface area contributed by atoms with Crippen LogP contribution in [0.25, 0.3) is 0 Å². The van der Waals surface area contributed by atoms with Crippen molar-refractivity contribution in [2.24, 2.45) is 0 Å². The molecule has 7 nitrogen and oxygen atoms in total. The Kier molecular flexibility index (Phi) is 3.77. The Morgan fingerprint density at radius 2 is 1.95 bits per heavy atom. The maximum absolute atomic E-state index is 11.5. The Labute approximate surface area is 112 Å². The minimum absolute atomic E-state index is 0.0503. The van der Waals surface area contributed by atoms with Crippen molar-refractivity contribution in [3.05, 3.63) is 73.0 Å². The fourth-order valence-electron chi connectivity index (χ4n) is 1.49. The summed E-state index contributed by atoms with van der Waals surface area (Å²) in [6, 6.07) is 9.08. The van der Waals surface area contributed by atoms with E-state index in [2.05, 4.69) is 11.8 Å². The van der Waals surface area contributed by atoms with E-state index in [0.29, 0.717) is 0 Å². The molecule has 0 aliphatic heterocycles. The Balaban J connectivity index is 2.29. The molecule has 2 rings (SSSR count). The monoisotopic (exact) mass is 271 g/mol. The highest BCUT2D eigenvalue weighted by Gasteiger charge is 2.14. The molecule has 0 atom stereocenters. The van der Waals surface area contributed by atoms with Gasteiger partial charge < -0.3 is 0 Å². The lowest BCUT2D eigenvalue weighted by Gasteiger charge is -1.98. The van der Waals surface area contributed by atoms with E-state index in [-0.39, 0.29) is 6.54 Å². The molecule has 0 bridgehead atoms. The zero-order valence-electron chi connectivity index (χ0n) is 10.2. The molecule has 0 aliphatic rings. The fourth-order valence-corrected chi connectivity index (χ4v) is 1.49. The summed E-state index contributed by atoms with van der Waals surface area (Å²) in [6.45, 7) is -0.0503. The quantitative estimate of drug-likeness (QED) is 0.488. The summed E-state index contributed by atoms with van der Waals surface area (Å²) in [4.78, 5) is 34.3. The van der Waals surface area contributed by atoms with Gasteiger partial charge in [0.25, 0.3) is 0 Å². The molecule has 0 saturated heterocycles. The van der Waals surface area contributed by atoms with Crippen molar-refractivity contribution in [1.82, 2.24) is 9.55 Å². The molecule has 2 aromatic rings. The summed E-state index contributed by atoms with van der Waals surface area (Å²) in [5.41, 5.74) is -1.68. The number of benzene rings is 1. The minimum Gasteiger partial charge on any atom is -0.282 e. The van der Waals surface area contributed by atoms with Gasteiger partial charge in [-0.1, -0.05) is 30.0 Å². The van der Waals surface area contributed by atoms with E-state index in [1.807, 2.05) is 23.2 Å². The summed E-state index contributed by atoms with van der Waals surface area (Å²) >= 11 is 0. The summed E-state index contributed by atoms with van der Waals surface area (Å²) in [6.07, 6.45) is 0.890. The molecular weight excluding hydrogens is 262 g/mol. The van der Waals surface area contributed by atoms with Gasteiger partial charge in [0.1, 0.15) is 0 Å². The van der Waals surface area contributed by atoms with E-state index in [1.54, 1.807) is 12.1 Å². The molecule has 1 N–H and O–H groups in total. The predicted octanol–water partition coefficient (Wildman–Crippen LogP) is 0.496. The van der Waals surface area contributed by atoms with Crippen molar-refractivity contribution in [3.8, 4) is 11.8 Å². The van der Waals surface area contributed by atoms with E-state index >= 15 is 0 Å². The summed E-state index contributed by atoms with van der Waals surface area (Å²) < 4.78 is 0.982. The number of H-pyrrole nitrogens is 1. The van der Waals surface area contributed by atoms with Crippen LogP contribution in [-0.4, -0.2) is 14.5 Å². The zero-order chi connectivity index (χ0) is 14.5. The van der Waals surface area contributed by atoms with E-state index in [4.69, 9.17) is 0 Å². The molecule has 20 heavy (non-hydrogen) atoms. The molecule has 0 spiro atoms. The normalized spacial score (nSPS) is 9.60. The van der Waals surface area contributed by atoms with E-state index in [1.165, 1.54) is 0 Å². The smallest absolute Gasteiger partial charge is 0.282 e. The van der Waals surface area contributed by atoms with Gasteiger partial charge in [0.05, 0.1) is 17.7 Å². The van der Waals surface area contributed by atoms with Gasteiger partial charge in [-0.15, -0.1) is 0 Å². The number of hydrogen-bond acceptors (Lipinski definition) is 4. The first-order chi connectivity index (χ1) is 9.58. The number of hydrogen-bond donors (Lipinski definition) is 1. The van der Waals surface area contributed by atoms with Crippen LogP contribution in [0.3, 0.4) is 0 Å². The summed E-state index contributed by atoms with van der Waals surface area (Å²) in [5.74, 6) is 5.52. The van der Waals surface area contributed by atoms with Gasteiger partial charge in [0, 0.05) is 5.56 Å². The Morgan fingerprint density at radius 3 is 2.60 bits per heavy atom. The van der Waals surface area contributed by atoms with Crippen LogP contribution in [0.5, 0.6) is 0 Å². The molecule has 1 heterocycles. The molecular formula is C13H9N3O4. The lowest BCUT2D eigenvalue weighted by molar-refractivity contribution is -0.386. The molecule has 1 aromatic heterocycles. The van der Waals surface area contributed by atoms with Crippen LogP contribution in [0.1, 0.15) is 5.56 Å². The standard InChI is InChI=1S/C13H9N3O4/c17-12-11(16(19)20)9-15(13(18)14-12)8-4-7-10-5-2-1-3-6-10/h1-3,5-6,9H,8H2,(H,14,17,18). The third-order valence-electron chi connectivity index (χ3n) is 2.44. The largest absolute Gasteiger partial charge is 0.350 e. The van der Waals surface area contributed by atoms with E-state index < -0.39 is 21.9 Å². The van der Waals surface area contributed by atoms with E-state index in [9.17, 15) is 19.7 Å². The van der Waals surface area contributed by atoms with Gasteiger partial charge in [0.15, 0.2) is 0 Å². The van der Waals surface area contributed by atoms with Crippen LogP contribution < -0.4 is 11.2 Å². The molecule has 1 aromatic carbocycles. The van der Waals surface area contributed by atoms with Crippen molar-refractivity contribution < 1.29 is 4.92 Å². The molecule has 100 valence electrons. The number of nitrogens with one attached hydrogen (secondary N) is 1. The molecule has 0 fully saturated rings. The van der Waals surface area contributed by atoms with Crippen LogP contribution >= 0.6 is 0 Å². The first-order valence-corrected chi connectivity index (χ1v) is 5.60. The first-order valence-electron chi connectivity index (χ1n) is 5.60. The first kappa shape index (κ1) is 13.3. The maximum atomic E-state index is 11.5. The Morgan fingerprint density at radius 1 is 1.25 bits per heavy atom. The number of nitrogens with zero attached hydrogens (tertiary/aromatic N) is 2. The van der Waals surface area contributed by atoms with Gasteiger partial charge in [-0.05, 0) is 12.1 Å². The minimum atomic E-state index is -1.02. The number of nitro groups is 1. The van der Waals surface area contributed by atoms with Crippen LogP contribution in [0.15, 0.2) is 46.1 Å². The highest BCUT2D eigenvalue weighted by Crippen LogP contribution is 1.99. The number of aromatic amines is 1. The topological polar surface area (TPSA) is 98.0 Å². The van der Waals surface area contributed by atoms with Gasteiger partial charge >= 0.3 is 16.9 Å². The van der Waals surface area contributed by atoms with Gasteiger partial charge in [0.2, 0.25) is 0 Å². The van der Waals surface area contributed by atoms with Crippen molar-refractivity contribution in [1.29, 1.82) is 0 Å². The van der Waals surface area contributed by atoms with Crippen LogP contribution in [0.2, 0.25) is 0 Å². The lowest BCUT2D eigenvalue weighted by atomic mass is 10.2. The van der Waals surface area contributed by atoms with Gasteiger partial charge in [-0.3, -0.25) is 24.5 Å². The van der Waals surface area contributed by atoms with Crippen LogP contribution in [0, 0.1) is 22.0 Å². The molecule has 7 heteroatoms. The SMILES string of the molecule is O=c1[nH]c(=O)n(CC#Cc2ccccc2)cc1[N+](=O)[O-]. The lowest BCUT2D eigenvalue weighted by Crippen LogP contribution is -2.30. The highest BCUT2D eigenvalue weighted by molar-refractivity contribution is 5.33. The number of rotatable bonds is 2. The average Bonchev–Trinajstić information content (AvgIpc) is 2.42. The maximum Gasteiger partial charge on any atom is 0.350 e. The van der Waals surface area contributed by atoms with Crippen molar-refractivity contribution >= 4 is 5.69 Å². The second-order valence-corrected chi connectivity index (χ2v) is 3.83. The third-order valence-corrected chi connectivity index (χ3v) is 2.44. The molecule has 0 aliphatic carbocycles. The van der Waals surface area contributed by atoms with Gasteiger partial charge in [-0.2, -0.15) is 0 Å². The second-order valence-electron chi connectivity index (χ2n) is 3.83.